The summed E-state index contributed by atoms with van der Waals surface area (Å²) in [6, 6.07) is 10.4. The number of nitrogens with one attached hydrogen (secondary N) is 2. The summed E-state index contributed by atoms with van der Waals surface area (Å²) >= 11 is 12.9. The van der Waals surface area contributed by atoms with E-state index >= 15 is 0 Å². The third-order valence-electron chi connectivity index (χ3n) is 3.37. The monoisotopic (exact) mass is 423 g/mol. The van der Waals surface area contributed by atoms with Crippen LogP contribution in [0.1, 0.15) is 10.6 Å². The largest absolute Gasteiger partial charge is 0.325 e. The fourth-order valence-electron chi connectivity index (χ4n) is 2.12. The van der Waals surface area contributed by atoms with Gasteiger partial charge in [0.2, 0.25) is 5.13 Å². The van der Waals surface area contributed by atoms with Gasteiger partial charge in [0.25, 0.3) is 5.69 Å². The van der Waals surface area contributed by atoms with Gasteiger partial charge in [0.1, 0.15) is 5.01 Å². The lowest BCUT2D eigenvalue weighted by molar-refractivity contribution is -0.384. The average Bonchev–Trinajstić information content (AvgIpc) is 3.05. The van der Waals surface area contributed by atoms with Crippen molar-refractivity contribution in [2.75, 3.05) is 10.6 Å². The van der Waals surface area contributed by atoms with Gasteiger partial charge < -0.3 is 5.32 Å². The van der Waals surface area contributed by atoms with E-state index < -0.39 is 11.0 Å². The topological polar surface area (TPSA) is 110 Å². The molecule has 3 aromatic rings. The van der Waals surface area contributed by atoms with Crippen LogP contribution >= 0.6 is 34.5 Å². The maximum Gasteiger partial charge on any atom is 0.325 e. The number of nitro benzene ring substituents is 1. The molecule has 0 aliphatic carbocycles. The molecule has 0 aliphatic rings. The standard InChI is InChI=1S/C16H11Cl2N5O3S/c17-12-6-3-10(8-13(12)18)19-15(24)20-16-22-21-14(27-16)7-9-1-4-11(5-2-9)23(25)26/h1-6,8H,7H2,(H2,19,20,22,24). The van der Waals surface area contributed by atoms with Gasteiger partial charge in [0, 0.05) is 24.2 Å². The molecule has 0 unspecified atom stereocenters. The van der Waals surface area contributed by atoms with E-state index in [0.29, 0.717) is 32.3 Å². The van der Waals surface area contributed by atoms with E-state index in [0.717, 1.165) is 5.56 Å². The molecule has 0 atom stereocenters. The van der Waals surface area contributed by atoms with Crippen LogP contribution in [0.5, 0.6) is 0 Å². The van der Waals surface area contributed by atoms with Crippen molar-refractivity contribution in [3.05, 3.63) is 73.2 Å². The quantitative estimate of drug-likeness (QED) is 0.443. The number of hydrogen-bond acceptors (Lipinski definition) is 6. The zero-order chi connectivity index (χ0) is 19.4. The van der Waals surface area contributed by atoms with Gasteiger partial charge >= 0.3 is 6.03 Å². The molecule has 3 rings (SSSR count). The summed E-state index contributed by atoms with van der Waals surface area (Å²) in [7, 11) is 0. The van der Waals surface area contributed by atoms with Crippen LogP contribution in [0.15, 0.2) is 42.5 Å². The van der Waals surface area contributed by atoms with E-state index in [4.69, 9.17) is 23.2 Å². The molecule has 11 heteroatoms. The van der Waals surface area contributed by atoms with Gasteiger partial charge in [-0.15, -0.1) is 10.2 Å². The maximum atomic E-state index is 12.0. The van der Waals surface area contributed by atoms with Crippen LogP contribution in [-0.4, -0.2) is 21.2 Å². The normalized spacial score (nSPS) is 10.4. The summed E-state index contributed by atoms with van der Waals surface area (Å²) in [4.78, 5) is 22.2. The number of carbonyl (C=O) groups is 1. The lowest BCUT2D eigenvalue weighted by Crippen LogP contribution is -2.19. The zero-order valence-electron chi connectivity index (χ0n) is 13.5. The molecule has 138 valence electrons. The Bertz CT molecular complexity index is 994. The van der Waals surface area contributed by atoms with Crippen LogP contribution in [0.4, 0.5) is 21.3 Å². The maximum absolute atomic E-state index is 12.0. The van der Waals surface area contributed by atoms with Crippen LogP contribution in [0.2, 0.25) is 10.0 Å². The molecule has 27 heavy (non-hydrogen) atoms. The number of hydrogen-bond donors (Lipinski definition) is 2. The highest BCUT2D eigenvalue weighted by Gasteiger charge is 2.11. The minimum absolute atomic E-state index is 0.0253. The Balaban J connectivity index is 1.59. The number of nitro groups is 1. The Hall–Kier alpha value is -2.75. The first-order valence-corrected chi connectivity index (χ1v) is 9.07. The molecule has 0 fully saturated rings. The highest BCUT2D eigenvalue weighted by atomic mass is 35.5. The molecule has 0 saturated heterocycles. The van der Waals surface area contributed by atoms with Gasteiger partial charge in [-0.3, -0.25) is 15.4 Å². The summed E-state index contributed by atoms with van der Waals surface area (Å²) in [5.41, 5.74) is 1.36. The van der Waals surface area contributed by atoms with Crippen molar-refractivity contribution in [1.82, 2.24) is 10.2 Å². The molecule has 2 aromatic carbocycles. The number of carbonyl (C=O) groups excluding carboxylic acids is 1. The van der Waals surface area contributed by atoms with E-state index in [1.165, 1.54) is 29.5 Å². The van der Waals surface area contributed by atoms with E-state index in [1.807, 2.05) is 0 Å². The molecule has 1 heterocycles. The molecule has 0 saturated carbocycles. The Morgan fingerprint density at radius 2 is 1.81 bits per heavy atom. The summed E-state index contributed by atoms with van der Waals surface area (Å²) in [6.07, 6.45) is 0.450. The Kier molecular flexibility index (Phi) is 5.84. The van der Waals surface area contributed by atoms with Crippen molar-refractivity contribution in [1.29, 1.82) is 0 Å². The van der Waals surface area contributed by atoms with Crippen LogP contribution in [0, 0.1) is 10.1 Å². The Morgan fingerprint density at radius 1 is 1.07 bits per heavy atom. The number of non-ortho nitro benzene ring substituents is 1. The fraction of sp³-hybridized carbons (Fsp3) is 0.0625. The lowest BCUT2D eigenvalue weighted by atomic mass is 10.1. The minimum Gasteiger partial charge on any atom is -0.308 e. The van der Waals surface area contributed by atoms with Gasteiger partial charge in [0.15, 0.2) is 0 Å². The Morgan fingerprint density at radius 3 is 2.48 bits per heavy atom. The number of rotatable bonds is 5. The summed E-state index contributed by atoms with van der Waals surface area (Å²) in [5.74, 6) is 0. The highest BCUT2D eigenvalue weighted by molar-refractivity contribution is 7.15. The number of amides is 2. The van der Waals surface area contributed by atoms with Gasteiger partial charge in [-0.25, -0.2) is 4.79 Å². The van der Waals surface area contributed by atoms with Crippen LogP contribution < -0.4 is 10.6 Å². The molecule has 2 N–H and O–H groups in total. The van der Waals surface area contributed by atoms with E-state index in [-0.39, 0.29) is 5.69 Å². The van der Waals surface area contributed by atoms with Crippen molar-refractivity contribution in [3.8, 4) is 0 Å². The van der Waals surface area contributed by atoms with Crippen LogP contribution in [0.25, 0.3) is 0 Å². The molecular formula is C16H11Cl2N5O3S. The predicted octanol–water partition coefficient (Wildman–Crippen LogP) is 4.99. The summed E-state index contributed by atoms with van der Waals surface area (Å²) < 4.78 is 0. The molecule has 0 bridgehead atoms. The fourth-order valence-corrected chi connectivity index (χ4v) is 3.19. The lowest BCUT2D eigenvalue weighted by Gasteiger charge is -2.06. The first-order valence-electron chi connectivity index (χ1n) is 7.49. The van der Waals surface area contributed by atoms with E-state index in [9.17, 15) is 14.9 Å². The SMILES string of the molecule is O=C(Nc1ccc(Cl)c(Cl)c1)Nc1nnc(Cc2ccc([N+](=O)[O-])cc2)s1. The van der Waals surface area contributed by atoms with E-state index in [2.05, 4.69) is 20.8 Å². The molecule has 1 aromatic heterocycles. The second-order valence-electron chi connectivity index (χ2n) is 5.31. The third-order valence-corrected chi connectivity index (χ3v) is 4.94. The van der Waals surface area contributed by atoms with Crippen LogP contribution in [-0.2, 0) is 6.42 Å². The molecule has 0 radical (unpaired) electrons. The smallest absolute Gasteiger partial charge is 0.308 e. The minimum atomic E-state index is -0.494. The van der Waals surface area contributed by atoms with Crippen molar-refractivity contribution < 1.29 is 9.72 Å². The number of halogens is 2. The number of nitrogens with zero attached hydrogens (tertiary/aromatic N) is 3. The van der Waals surface area contributed by atoms with Gasteiger partial charge in [-0.1, -0.05) is 46.7 Å². The number of anilines is 2. The van der Waals surface area contributed by atoms with Gasteiger partial charge in [-0.2, -0.15) is 0 Å². The Labute approximate surface area is 167 Å². The van der Waals surface area contributed by atoms with Crippen molar-refractivity contribution in [2.24, 2.45) is 0 Å². The molecule has 8 nitrogen and oxygen atoms in total. The van der Waals surface area contributed by atoms with Gasteiger partial charge in [0.05, 0.1) is 15.0 Å². The molecular weight excluding hydrogens is 413 g/mol. The first kappa shape index (κ1) is 19.0. The summed E-state index contributed by atoms with van der Waals surface area (Å²) in [6.45, 7) is 0. The van der Waals surface area contributed by atoms with Crippen molar-refractivity contribution in [3.63, 3.8) is 0 Å². The average molecular weight is 424 g/mol. The molecule has 0 spiro atoms. The second kappa shape index (κ2) is 8.30. The molecule has 2 amide bonds. The second-order valence-corrected chi connectivity index (χ2v) is 7.19. The van der Waals surface area contributed by atoms with Crippen molar-refractivity contribution >= 4 is 57.1 Å². The number of benzene rings is 2. The summed E-state index contributed by atoms with van der Waals surface area (Å²) in [5, 5.41) is 25.5. The number of urea groups is 1. The predicted molar refractivity (Wildman–Crippen MR) is 105 cm³/mol. The van der Waals surface area contributed by atoms with Crippen molar-refractivity contribution in [2.45, 2.75) is 6.42 Å². The van der Waals surface area contributed by atoms with E-state index in [1.54, 1.807) is 24.3 Å². The highest BCUT2D eigenvalue weighted by Crippen LogP contribution is 2.25. The van der Waals surface area contributed by atoms with Crippen LogP contribution in [0.3, 0.4) is 0 Å². The molecule has 0 aliphatic heterocycles. The van der Waals surface area contributed by atoms with Gasteiger partial charge in [-0.05, 0) is 23.8 Å². The third kappa shape index (κ3) is 5.13. The number of aromatic nitrogens is 2. The first-order chi connectivity index (χ1) is 12.9. The zero-order valence-corrected chi connectivity index (χ0v) is 15.8.